The fourth-order valence-corrected chi connectivity index (χ4v) is 2.01. The van der Waals surface area contributed by atoms with Crippen LogP contribution in [0.25, 0.3) is 16.9 Å². The molecule has 7 heteroatoms. The molecule has 20 heavy (non-hydrogen) atoms. The third-order valence-electron chi connectivity index (χ3n) is 2.78. The Bertz CT molecular complexity index is 786. The number of pyridine rings is 1. The molecule has 3 heterocycles. The Labute approximate surface area is 119 Å². The maximum atomic E-state index is 11.9. The van der Waals surface area contributed by atoms with Crippen LogP contribution >= 0.6 is 11.6 Å². The van der Waals surface area contributed by atoms with Crippen LogP contribution < -0.4 is 0 Å². The van der Waals surface area contributed by atoms with Crippen molar-refractivity contribution in [2.75, 3.05) is 7.11 Å². The highest BCUT2D eigenvalue weighted by Gasteiger charge is 2.17. The van der Waals surface area contributed by atoms with E-state index in [-0.39, 0.29) is 5.69 Å². The van der Waals surface area contributed by atoms with Crippen molar-refractivity contribution in [1.29, 1.82) is 0 Å². The van der Waals surface area contributed by atoms with Gasteiger partial charge in [0.2, 0.25) is 0 Å². The summed E-state index contributed by atoms with van der Waals surface area (Å²) in [5.41, 5.74) is 2.00. The van der Waals surface area contributed by atoms with E-state index in [9.17, 15) is 4.79 Å². The number of hydrogen-bond acceptors (Lipinski definition) is 5. The molecule has 0 saturated carbocycles. The Kier molecular flexibility index (Phi) is 3.08. The highest BCUT2D eigenvalue weighted by Crippen LogP contribution is 2.23. The molecule has 0 bridgehead atoms. The van der Waals surface area contributed by atoms with E-state index in [1.807, 2.05) is 6.07 Å². The van der Waals surface area contributed by atoms with E-state index >= 15 is 0 Å². The Morgan fingerprint density at radius 3 is 2.95 bits per heavy atom. The monoisotopic (exact) mass is 288 g/mol. The van der Waals surface area contributed by atoms with Crippen LogP contribution in [0.5, 0.6) is 0 Å². The lowest BCUT2D eigenvalue weighted by atomic mass is 10.2. The van der Waals surface area contributed by atoms with Crippen LogP contribution in [0.1, 0.15) is 10.5 Å². The second kappa shape index (κ2) is 4.90. The third kappa shape index (κ3) is 2.00. The van der Waals surface area contributed by atoms with Gasteiger partial charge in [-0.2, -0.15) is 5.10 Å². The highest BCUT2D eigenvalue weighted by molar-refractivity contribution is 6.33. The molecule has 3 aromatic heterocycles. The van der Waals surface area contributed by atoms with E-state index in [4.69, 9.17) is 16.3 Å². The van der Waals surface area contributed by atoms with Gasteiger partial charge >= 0.3 is 5.97 Å². The Morgan fingerprint density at radius 1 is 1.40 bits per heavy atom. The van der Waals surface area contributed by atoms with Crippen LogP contribution in [0, 0.1) is 0 Å². The number of fused-ring (bicyclic) bond motifs is 1. The van der Waals surface area contributed by atoms with Gasteiger partial charge in [-0.05, 0) is 18.2 Å². The summed E-state index contributed by atoms with van der Waals surface area (Å²) in [5.74, 6) is -0.512. The Hall–Kier alpha value is -2.47. The summed E-state index contributed by atoms with van der Waals surface area (Å²) in [6.45, 7) is 0. The van der Waals surface area contributed by atoms with Gasteiger partial charge in [0.25, 0.3) is 0 Å². The second-order valence-corrected chi connectivity index (χ2v) is 4.40. The van der Waals surface area contributed by atoms with E-state index in [1.54, 1.807) is 24.5 Å². The van der Waals surface area contributed by atoms with E-state index in [0.717, 1.165) is 5.56 Å². The molecule has 0 fully saturated rings. The minimum absolute atomic E-state index is 0.253. The summed E-state index contributed by atoms with van der Waals surface area (Å²) in [4.78, 5) is 20.3. The van der Waals surface area contributed by atoms with Gasteiger partial charge in [0.1, 0.15) is 5.02 Å². The van der Waals surface area contributed by atoms with E-state index in [0.29, 0.717) is 16.4 Å². The van der Waals surface area contributed by atoms with Crippen LogP contribution in [0.15, 0.2) is 36.8 Å². The van der Waals surface area contributed by atoms with Crippen molar-refractivity contribution in [2.24, 2.45) is 0 Å². The van der Waals surface area contributed by atoms with Crippen molar-refractivity contribution in [3.8, 4) is 11.3 Å². The summed E-state index contributed by atoms with van der Waals surface area (Å²) in [5, 5.41) is 4.39. The first-order chi connectivity index (χ1) is 9.70. The molecule has 3 rings (SSSR count). The van der Waals surface area contributed by atoms with Crippen molar-refractivity contribution < 1.29 is 9.53 Å². The first-order valence-electron chi connectivity index (χ1n) is 5.73. The number of aromatic nitrogens is 4. The zero-order chi connectivity index (χ0) is 14.1. The zero-order valence-corrected chi connectivity index (χ0v) is 11.2. The van der Waals surface area contributed by atoms with Gasteiger partial charge in [0.05, 0.1) is 19.0 Å². The first-order valence-corrected chi connectivity index (χ1v) is 6.11. The van der Waals surface area contributed by atoms with Crippen LogP contribution in [0.3, 0.4) is 0 Å². The molecule has 0 unspecified atom stereocenters. The molecule has 100 valence electrons. The number of hydrogen-bond donors (Lipinski definition) is 0. The van der Waals surface area contributed by atoms with E-state index in [2.05, 4.69) is 15.1 Å². The van der Waals surface area contributed by atoms with Crippen molar-refractivity contribution in [3.05, 3.63) is 47.5 Å². The van der Waals surface area contributed by atoms with Gasteiger partial charge in [-0.25, -0.2) is 14.3 Å². The number of carbonyl (C=O) groups excluding carboxylic acids is 1. The molecule has 0 saturated heterocycles. The summed E-state index contributed by atoms with van der Waals surface area (Å²) in [6.07, 6.45) is 4.75. The molecule has 0 aliphatic rings. The average Bonchev–Trinajstić information content (AvgIpc) is 2.88. The van der Waals surface area contributed by atoms with Gasteiger partial charge in [-0.15, -0.1) is 0 Å². The predicted octanol–water partition coefficient (Wildman–Crippen LogP) is 2.23. The number of nitrogens with zero attached hydrogens (tertiary/aromatic N) is 4. The van der Waals surface area contributed by atoms with Crippen LogP contribution in [-0.2, 0) is 4.74 Å². The van der Waals surface area contributed by atoms with Crippen molar-refractivity contribution in [1.82, 2.24) is 19.6 Å². The number of methoxy groups -OCH3 is 1. The molecule has 0 radical (unpaired) electrons. The number of carbonyl (C=O) groups is 1. The second-order valence-electron chi connectivity index (χ2n) is 3.99. The fraction of sp³-hybridized carbons (Fsp3) is 0.0769. The van der Waals surface area contributed by atoms with Crippen LogP contribution in [0.2, 0.25) is 5.02 Å². The summed E-state index contributed by atoms with van der Waals surface area (Å²) in [6, 6.07) is 5.23. The minimum Gasteiger partial charge on any atom is -0.464 e. The van der Waals surface area contributed by atoms with Crippen molar-refractivity contribution >= 4 is 23.2 Å². The first kappa shape index (κ1) is 12.6. The molecule has 0 aromatic carbocycles. The van der Waals surface area contributed by atoms with Gasteiger partial charge in [0.15, 0.2) is 11.3 Å². The maximum absolute atomic E-state index is 11.9. The van der Waals surface area contributed by atoms with Gasteiger partial charge in [0, 0.05) is 18.0 Å². The quantitative estimate of drug-likeness (QED) is 0.676. The third-order valence-corrected chi connectivity index (χ3v) is 3.05. The highest BCUT2D eigenvalue weighted by atomic mass is 35.5. The number of halogens is 1. The average molecular weight is 289 g/mol. The Morgan fingerprint density at radius 2 is 2.25 bits per heavy atom. The predicted molar refractivity (Wildman–Crippen MR) is 72.6 cm³/mol. The zero-order valence-electron chi connectivity index (χ0n) is 10.4. The molecular weight excluding hydrogens is 280 g/mol. The number of ether oxygens (including phenoxy) is 1. The summed E-state index contributed by atoms with van der Waals surface area (Å²) in [7, 11) is 1.31. The topological polar surface area (TPSA) is 69.4 Å². The molecule has 0 aliphatic heterocycles. The molecular formula is C13H9ClN4O2. The number of esters is 1. The Balaban J connectivity index is 2.29. The lowest BCUT2D eigenvalue weighted by molar-refractivity contribution is 0.0590. The minimum atomic E-state index is -0.512. The van der Waals surface area contributed by atoms with Gasteiger partial charge in [-0.1, -0.05) is 11.6 Å². The van der Waals surface area contributed by atoms with Crippen molar-refractivity contribution in [2.45, 2.75) is 0 Å². The molecule has 3 aromatic rings. The lowest BCUT2D eigenvalue weighted by Gasteiger charge is -2.06. The summed E-state index contributed by atoms with van der Waals surface area (Å²) < 4.78 is 6.11. The molecule has 0 amide bonds. The smallest absolute Gasteiger partial charge is 0.356 e. The molecule has 0 spiro atoms. The largest absolute Gasteiger partial charge is 0.464 e. The normalized spacial score (nSPS) is 10.7. The van der Waals surface area contributed by atoms with E-state index in [1.165, 1.54) is 17.8 Å². The molecule has 0 N–H and O–H groups in total. The van der Waals surface area contributed by atoms with Crippen LogP contribution in [0.4, 0.5) is 0 Å². The van der Waals surface area contributed by atoms with Crippen LogP contribution in [-0.4, -0.2) is 32.7 Å². The molecule has 0 atom stereocenters. The van der Waals surface area contributed by atoms with Gasteiger partial charge < -0.3 is 4.74 Å². The van der Waals surface area contributed by atoms with Crippen molar-refractivity contribution in [3.63, 3.8) is 0 Å². The summed E-state index contributed by atoms with van der Waals surface area (Å²) >= 11 is 6.04. The number of rotatable bonds is 2. The fourth-order valence-electron chi connectivity index (χ4n) is 1.85. The standard InChI is InChI=1S/C13H9ClN4O2/c1-20-13(19)11-5-10(8-3-2-4-15-6-8)17-12-9(14)7-16-18(11)12/h2-7H,1H3. The SMILES string of the molecule is COC(=O)c1cc(-c2cccnc2)nc2c(Cl)cnn12. The molecule has 0 aliphatic carbocycles. The van der Waals surface area contributed by atoms with Gasteiger partial charge in [-0.3, -0.25) is 4.98 Å². The van der Waals surface area contributed by atoms with E-state index < -0.39 is 5.97 Å². The maximum Gasteiger partial charge on any atom is 0.356 e. The molecule has 6 nitrogen and oxygen atoms in total. The lowest BCUT2D eigenvalue weighted by Crippen LogP contribution is -2.10.